The predicted molar refractivity (Wildman–Crippen MR) is 52.0 cm³/mol. The molecule has 2 unspecified atom stereocenters. The number of hydrogen-bond donors (Lipinski definition) is 1. The Morgan fingerprint density at radius 1 is 1.29 bits per heavy atom. The van der Waals surface area contributed by atoms with Crippen molar-refractivity contribution >= 4 is 5.69 Å². The molecule has 1 aliphatic rings. The van der Waals surface area contributed by atoms with Crippen LogP contribution in [0.5, 0.6) is 5.75 Å². The molecule has 14 heavy (non-hydrogen) atoms. The van der Waals surface area contributed by atoms with Crippen molar-refractivity contribution < 1.29 is 14.2 Å². The van der Waals surface area contributed by atoms with Crippen molar-refractivity contribution in [2.75, 3.05) is 20.0 Å². The van der Waals surface area contributed by atoms with E-state index in [9.17, 15) is 0 Å². The van der Waals surface area contributed by atoms with Gasteiger partial charge in [0.2, 0.25) is 6.29 Å². The number of hydrogen-bond acceptors (Lipinski definition) is 4. The average molecular weight is 195 g/mol. The minimum absolute atomic E-state index is 0.196. The quantitative estimate of drug-likeness (QED) is 0.723. The van der Waals surface area contributed by atoms with Gasteiger partial charge in [-0.15, -0.1) is 0 Å². The summed E-state index contributed by atoms with van der Waals surface area (Å²) in [4.78, 5) is 0. The normalized spacial score (nSPS) is 24.4. The Bertz CT molecular complexity index is 340. The number of rotatable bonds is 2. The lowest BCUT2D eigenvalue weighted by Gasteiger charge is -2.15. The second-order valence-electron chi connectivity index (χ2n) is 3.18. The van der Waals surface area contributed by atoms with Gasteiger partial charge in [-0.1, -0.05) is 0 Å². The summed E-state index contributed by atoms with van der Waals surface area (Å²) in [5.41, 5.74) is 7.33. The van der Waals surface area contributed by atoms with Gasteiger partial charge in [-0.3, -0.25) is 0 Å². The van der Waals surface area contributed by atoms with Crippen LogP contribution >= 0.6 is 0 Å². The van der Waals surface area contributed by atoms with Crippen LogP contribution in [0.25, 0.3) is 0 Å². The van der Waals surface area contributed by atoms with Crippen molar-refractivity contribution in [3.8, 4) is 5.75 Å². The van der Waals surface area contributed by atoms with E-state index in [1.165, 1.54) is 0 Å². The highest BCUT2D eigenvalue weighted by Crippen LogP contribution is 2.39. The third-order valence-electron chi connectivity index (χ3n) is 2.32. The van der Waals surface area contributed by atoms with Crippen molar-refractivity contribution in [3.63, 3.8) is 0 Å². The molecule has 2 rings (SSSR count). The highest BCUT2D eigenvalue weighted by molar-refractivity contribution is 5.50. The molecule has 1 aromatic carbocycles. The van der Waals surface area contributed by atoms with Crippen molar-refractivity contribution in [3.05, 3.63) is 23.8 Å². The Labute approximate surface area is 82.6 Å². The van der Waals surface area contributed by atoms with Gasteiger partial charge in [-0.25, -0.2) is 0 Å². The van der Waals surface area contributed by atoms with Crippen LogP contribution in [-0.4, -0.2) is 20.5 Å². The summed E-state index contributed by atoms with van der Waals surface area (Å²) >= 11 is 0. The fourth-order valence-electron chi connectivity index (χ4n) is 1.64. The molecule has 0 fully saturated rings. The van der Waals surface area contributed by atoms with Gasteiger partial charge >= 0.3 is 0 Å². The first-order valence-corrected chi connectivity index (χ1v) is 4.38. The molecule has 0 aliphatic carbocycles. The minimum atomic E-state index is -0.378. The number of nitrogen functional groups attached to an aromatic ring is 1. The fraction of sp³-hybridized carbons (Fsp3) is 0.400. The van der Waals surface area contributed by atoms with Crippen LogP contribution in [0.15, 0.2) is 18.2 Å². The van der Waals surface area contributed by atoms with Gasteiger partial charge in [-0.05, 0) is 18.2 Å². The van der Waals surface area contributed by atoms with Gasteiger partial charge in [0.1, 0.15) is 11.9 Å². The lowest BCUT2D eigenvalue weighted by atomic mass is 10.1. The van der Waals surface area contributed by atoms with E-state index in [2.05, 4.69) is 0 Å². The Hall–Kier alpha value is -1.26. The third-order valence-corrected chi connectivity index (χ3v) is 2.32. The number of benzene rings is 1. The molecule has 0 saturated carbocycles. The number of anilines is 1. The summed E-state index contributed by atoms with van der Waals surface area (Å²) in [5.74, 6) is 0.776. The first-order chi connectivity index (χ1) is 6.76. The molecular weight excluding hydrogens is 182 g/mol. The zero-order valence-electron chi connectivity index (χ0n) is 8.19. The highest BCUT2D eigenvalue weighted by atomic mass is 16.7. The molecule has 2 N–H and O–H groups in total. The van der Waals surface area contributed by atoms with Crippen LogP contribution in [0.2, 0.25) is 0 Å². The van der Waals surface area contributed by atoms with Crippen LogP contribution in [0.4, 0.5) is 5.69 Å². The Morgan fingerprint density at radius 3 is 2.71 bits per heavy atom. The van der Waals surface area contributed by atoms with Crippen LogP contribution < -0.4 is 10.5 Å². The van der Waals surface area contributed by atoms with E-state index in [-0.39, 0.29) is 12.4 Å². The maximum atomic E-state index is 5.68. The van der Waals surface area contributed by atoms with E-state index in [0.29, 0.717) is 5.69 Å². The maximum Gasteiger partial charge on any atom is 0.230 e. The van der Waals surface area contributed by atoms with Crippen LogP contribution in [0.1, 0.15) is 11.7 Å². The van der Waals surface area contributed by atoms with Crippen LogP contribution in [-0.2, 0) is 9.47 Å². The molecule has 0 saturated heterocycles. The van der Waals surface area contributed by atoms with Gasteiger partial charge in [0.15, 0.2) is 0 Å². The molecule has 1 heterocycles. The molecule has 2 atom stereocenters. The summed E-state index contributed by atoms with van der Waals surface area (Å²) in [6.07, 6.45) is -0.574. The zero-order chi connectivity index (χ0) is 10.1. The SMILES string of the molecule is COC1Oc2ccc(N)cc2C1OC. The van der Waals surface area contributed by atoms with E-state index >= 15 is 0 Å². The van der Waals surface area contributed by atoms with E-state index in [1.807, 2.05) is 12.1 Å². The second kappa shape index (κ2) is 3.48. The van der Waals surface area contributed by atoms with Crippen molar-refractivity contribution in [1.82, 2.24) is 0 Å². The van der Waals surface area contributed by atoms with Gasteiger partial charge in [-0.2, -0.15) is 0 Å². The molecular formula is C10H13NO3. The van der Waals surface area contributed by atoms with Gasteiger partial charge in [0, 0.05) is 25.5 Å². The molecule has 0 radical (unpaired) electrons. The van der Waals surface area contributed by atoms with Gasteiger partial charge in [0.25, 0.3) is 0 Å². The summed E-state index contributed by atoms with van der Waals surface area (Å²) < 4.78 is 16.0. The third kappa shape index (κ3) is 1.32. The number of fused-ring (bicyclic) bond motifs is 1. The maximum absolute atomic E-state index is 5.68. The van der Waals surface area contributed by atoms with E-state index in [0.717, 1.165) is 11.3 Å². The number of ether oxygens (including phenoxy) is 3. The first-order valence-electron chi connectivity index (χ1n) is 4.38. The lowest BCUT2D eigenvalue weighted by Crippen LogP contribution is -2.21. The summed E-state index contributed by atoms with van der Waals surface area (Å²) in [6, 6.07) is 5.47. The number of methoxy groups -OCH3 is 2. The summed E-state index contributed by atoms with van der Waals surface area (Å²) in [5, 5.41) is 0. The highest BCUT2D eigenvalue weighted by Gasteiger charge is 2.34. The lowest BCUT2D eigenvalue weighted by molar-refractivity contribution is -0.121. The number of nitrogens with two attached hydrogens (primary N) is 1. The average Bonchev–Trinajstić information content (AvgIpc) is 2.54. The molecule has 0 spiro atoms. The molecule has 1 aliphatic heterocycles. The first kappa shape index (κ1) is 9.30. The van der Waals surface area contributed by atoms with Crippen molar-refractivity contribution in [1.29, 1.82) is 0 Å². The molecule has 4 nitrogen and oxygen atoms in total. The second-order valence-corrected chi connectivity index (χ2v) is 3.18. The fourth-order valence-corrected chi connectivity index (χ4v) is 1.64. The molecule has 4 heteroatoms. The van der Waals surface area contributed by atoms with Crippen molar-refractivity contribution in [2.45, 2.75) is 12.4 Å². The Kier molecular flexibility index (Phi) is 2.31. The molecule has 0 aromatic heterocycles. The standard InChI is InChI=1S/C10H13NO3/c1-12-9-7-5-6(11)3-4-8(7)14-10(9)13-2/h3-5,9-10H,11H2,1-2H3. The van der Waals surface area contributed by atoms with Crippen molar-refractivity contribution in [2.24, 2.45) is 0 Å². The molecule has 1 aromatic rings. The minimum Gasteiger partial charge on any atom is -0.461 e. The predicted octanol–water partition coefficient (Wildman–Crippen LogP) is 1.32. The van der Waals surface area contributed by atoms with Gasteiger partial charge in [0.05, 0.1) is 0 Å². The summed E-state index contributed by atoms with van der Waals surface area (Å²) in [6.45, 7) is 0. The van der Waals surface area contributed by atoms with E-state index in [1.54, 1.807) is 20.3 Å². The molecule has 0 amide bonds. The largest absolute Gasteiger partial charge is 0.461 e. The smallest absolute Gasteiger partial charge is 0.230 e. The summed E-state index contributed by atoms with van der Waals surface area (Å²) in [7, 11) is 3.21. The molecule has 76 valence electrons. The Balaban J connectivity index is 2.38. The van der Waals surface area contributed by atoms with Crippen LogP contribution in [0, 0.1) is 0 Å². The Morgan fingerprint density at radius 2 is 2.07 bits per heavy atom. The zero-order valence-corrected chi connectivity index (χ0v) is 8.19. The molecule has 0 bridgehead atoms. The topological polar surface area (TPSA) is 53.7 Å². The van der Waals surface area contributed by atoms with Gasteiger partial charge < -0.3 is 19.9 Å². The van der Waals surface area contributed by atoms with Crippen LogP contribution in [0.3, 0.4) is 0 Å². The van der Waals surface area contributed by atoms with E-state index < -0.39 is 0 Å². The monoisotopic (exact) mass is 195 g/mol. The van der Waals surface area contributed by atoms with E-state index in [4.69, 9.17) is 19.9 Å².